The van der Waals surface area contributed by atoms with E-state index < -0.39 is 90.6 Å². The molecule has 13 aromatic rings. The van der Waals surface area contributed by atoms with E-state index in [1.165, 1.54) is 23.1 Å². The second-order valence-electron chi connectivity index (χ2n) is 17.5. The highest BCUT2D eigenvalue weighted by atomic mass is 15.1. The fourth-order valence-corrected chi connectivity index (χ4v) is 9.98. The summed E-state index contributed by atoms with van der Waals surface area (Å²) in [6.45, 7) is 0. The molecule has 13 rings (SSSR count). The lowest BCUT2D eigenvalue weighted by molar-refractivity contribution is 1.28. The molecular weight excluding hydrogens is 881 g/mol. The zero-order valence-corrected chi connectivity index (χ0v) is 38.9. The fraction of sp³-hybridized carbons (Fsp3) is 0. The van der Waals surface area contributed by atoms with Crippen molar-refractivity contribution in [3.63, 3.8) is 0 Å². The lowest BCUT2D eigenvalue weighted by atomic mass is 9.83. The molecule has 2 nitrogen and oxygen atoms in total. The molecule has 0 aliphatic carbocycles. The number of rotatable bonds is 10. The Labute approximate surface area is 447 Å². The Bertz CT molecular complexity index is 4920. The minimum absolute atomic E-state index is 0.0197. The maximum Gasteiger partial charge on any atom is 0.0786 e. The van der Waals surface area contributed by atoms with E-state index in [9.17, 15) is 5.48 Å². The largest absolute Gasteiger partial charge is 0.310 e. The van der Waals surface area contributed by atoms with Crippen LogP contribution in [0.25, 0.3) is 110 Å². The number of pyridine rings is 1. The zero-order chi connectivity index (χ0) is 61.6. The van der Waals surface area contributed by atoms with E-state index in [0.717, 1.165) is 88.1 Å². The van der Waals surface area contributed by atoms with Gasteiger partial charge in [-0.1, -0.05) is 236 Å². The molecule has 0 aliphatic rings. The Morgan fingerprint density at radius 2 is 0.808 bits per heavy atom. The number of para-hydroxylation sites is 1. The number of anilines is 3. The Balaban J connectivity index is 1.05. The summed E-state index contributed by atoms with van der Waals surface area (Å²) >= 11 is 0. The van der Waals surface area contributed by atoms with Gasteiger partial charge in [0.05, 0.1) is 31.8 Å². The van der Waals surface area contributed by atoms with Crippen LogP contribution in [-0.2, 0) is 0 Å². The summed E-state index contributed by atoms with van der Waals surface area (Å²) in [7, 11) is 0. The van der Waals surface area contributed by atoms with Crippen LogP contribution in [-0.4, -0.2) is 4.98 Å². The van der Waals surface area contributed by atoms with Crippen molar-refractivity contribution in [1.29, 1.82) is 0 Å². The summed E-state index contributed by atoms with van der Waals surface area (Å²) in [4.78, 5) is 6.42. The minimum atomic E-state index is -0.692. The van der Waals surface area contributed by atoms with E-state index in [2.05, 4.69) is 103 Å². The van der Waals surface area contributed by atoms with Gasteiger partial charge in [-0.2, -0.15) is 0 Å². The quantitative estimate of drug-likeness (QED) is 0.100. The highest BCUT2D eigenvalue weighted by Crippen LogP contribution is 2.48. The SMILES string of the molecule is [2H]c1c([2H])c([2H])c(-c2ccc(N(c3ccc(-c4ccc5c(-c6ccc(-c7ccccc7)cc6)c6c(ccc7cccnc76)c(-c6ccc(-c7ccccc7)cc6)c5c4)cc3)c3c([2H])c([2H])c([2H])c([2H])c3[2H])c(-c3c([2H])c([2H])c([2H])c([2H])c3[2H])c2)c([2H])c1[2H]. The van der Waals surface area contributed by atoms with E-state index in [0.29, 0.717) is 0 Å². The van der Waals surface area contributed by atoms with Crippen LogP contribution in [0.4, 0.5) is 17.1 Å². The molecule has 0 radical (unpaired) electrons. The first-order valence-electron chi connectivity index (χ1n) is 31.3. The van der Waals surface area contributed by atoms with Gasteiger partial charge in [0.25, 0.3) is 0 Å². The highest BCUT2D eigenvalue weighted by Gasteiger charge is 2.22. The van der Waals surface area contributed by atoms with Crippen molar-refractivity contribution in [2.75, 3.05) is 4.90 Å². The van der Waals surface area contributed by atoms with Crippen LogP contribution in [0.3, 0.4) is 0 Å². The number of hydrogen-bond donors (Lipinski definition) is 0. The summed E-state index contributed by atoms with van der Waals surface area (Å²) in [5.74, 6) is 0. The molecule has 1 heterocycles. The van der Waals surface area contributed by atoms with E-state index in [1.54, 1.807) is 12.1 Å². The highest BCUT2D eigenvalue weighted by molar-refractivity contribution is 6.27. The van der Waals surface area contributed by atoms with Crippen LogP contribution in [0, 0.1) is 0 Å². The molecular formula is C71H48N2. The molecule has 0 atom stereocenters. The first-order chi connectivity index (χ1) is 42.4. The van der Waals surface area contributed by atoms with Crippen molar-refractivity contribution in [2.24, 2.45) is 0 Å². The Hall–Kier alpha value is -9.63. The predicted molar refractivity (Wildman–Crippen MR) is 309 cm³/mol. The van der Waals surface area contributed by atoms with Crippen molar-refractivity contribution in [3.8, 4) is 77.9 Å². The van der Waals surface area contributed by atoms with Crippen LogP contribution in [0.15, 0.2) is 291 Å². The van der Waals surface area contributed by atoms with Crippen molar-refractivity contribution in [1.82, 2.24) is 4.98 Å². The fourth-order valence-electron chi connectivity index (χ4n) is 9.98. The monoisotopic (exact) mass is 943 g/mol. The number of fused-ring (bicyclic) bond motifs is 4. The lowest BCUT2D eigenvalue weighted by Gasteiger charge is -2.28. The molecule has 0 bridgehead atoms. The summed E-state index contributed by atoms with van der Waals surface area (Å²) in [5, 5.41) is 4.89. The molecule has 73 heavy (non-hydrogen) atoms. The second kappa shape index (κ2) is 18.9. The van der Waals surface area contributed by atoms with Gasteiger partial charge in [-0.25, -0.2) is 0 Å². The van der Waals surface area contributed by atoms with Gasteiger partial charge in [0.2, 0.25) is 0 Å². The van der Waals surface area contributed by atoms with E-state index in [-0.39, 0.29) is 39.3 Å². The van der Waals surface area contributed by atoms with Gasteiger partial charge in [-0.05, 0) is 137 Å². The van der Waals surface area contributed by atoms with Crippen LogP contribution < -0.4 is 4.90 Å². The Morgan fingerprint density at radius 1 is 0.315 bits per heavy atom. The Morgan fingerprint density at radius 3 is 1.45 bits per heavy atom. The van der Waals surface area contributed by atoms with Crippen molar-refractivity contribution in [3.05, 3.63) is 291 Å². The first-order valence-corrected chi connectivity index (χ1v) is 23.8. The zero-order valence-electron chi connectivity index (χ0n) is 53.9. The molecule has 12 aromatic carbocycles. The third-order valence-corrected chi connectivity index (χ3v) is 13.4. The van der Waals surface area contributed by atoms with E-state index in [1.807, 2.05) is 66.9 Å². The van der Waals surface area contributed by atoms with Crippen LogP contribution in [0.1, 0.15) is 20.6 Å². The molecule has 0 unspecified atom stereocenters. The summed E-state index contributed by atoms with van der Waals surface area (Å²) in [6, 6.07) is 53.9. The molecule has 0 saturated carbocycles. The number of hydrogen-bond acceptors (Lipinski definition) is 2. The van der Waals surface area contributed by atoms with Crippen LogP contribution in [0.2, 0.25) is 0 Å². The molecule has 0 fully saturated rings. The molecule has 0 spiro atoms. The molecule has 2 heteroatoms. The maximum absolute atomic E-state index is 9.37. The predicted octanol–water partition coefficient (Wildman–Crippen LogP) is 19.7. The summed E-state index contributed by atoms with van der Waals surface area (Å²) in [5.41, 5.74) is 9.84. The van der Waals surface area contributed by atoms with E-state index in [4.69, 9.17) is 20.1 Å². The smallest absolute Gasteiger partial charge is 0.0786 e. The lowest BCUT2D eigenvalue weighted by Crippen LogP contribution is -2.11. The normalized spacial score (nSPS) is 14.2. The van der Waals surface area contributed by atoms with Gasteiger partial charge in [-0.15, -0.1) is 0 Å². The van der Waals surface area contributed by atoms with Gasteiger partial charge >= 0.3 is 0 Å². The topological polar surface area (TPSA) is 16.1 Å². The van der Waals surface area contributed by atoms with Crippen LogP contribution >= 0.6 is 0 Å². The molecule has 0 aliphatic heterocycles. The van der Waals surface area contributed by atoms with Gasteiger partial charge in [0.15, 0.2) is 0 Å². The van der Waals surface area contributed by atoms with Crippen molar-refractivity contribution >= 4 is 49.5 Å². The second-order valence-corrected chi connectivity index (χ2v) is 17.5. The van der Waals surface area contributed by atoms with Gasteiger partial charge in [-0.3, -0.25) is 4.98 Å². The van der Waals surface area contributed by atoms with Gasteiger partial charge in [0, 0.05) is 33.9 Å². The minimum Gasteiger partial charge on any atom is -0.310 e. The average molecular weight is 944 g/mol. The van der Waals surface area contributed by atoms with Gasteiger partial charge < -0.3 is 4.90 Å². The Kier molecular flexibility index (Phi) is 7.83. The third kappa shape index (κ3) is 8.21. The third-order valence-electron chi connectivity index (χ3n) is 13.4. The molecule has 0 amide bonds. The number of benzene rings is 12. The first kappa shape index (κ1) is 30.2. The van der Waals surface area contributed by atoms with Gasteiger partial charge in [0.1, 0.15) is 0 Å². The van der Waals surface area contributed by atoms with Crippen molar-refractivity contribution in [2.45, 2.75) is 0 Å². The standard InChI is InChI=1S/C71H48N2/c1-6-17-49(18-7-1)52-28-32-56(33-29-52)68-64-44-38-58-25-16-46-72-71(58)70(64)69(57-34-30-53(31-35-57)50-19-8-2-9-20-50)63-43-39-59(48-66(63)68)54-36-41-62(42-37-54)73(61-26-14-5-15-27-61)67-45-40-60(51-21-10-3-11-22-51)47-65(67)55-23-12-4-13-24-55/h1-48H/i3D,4D,5D,10D,11D,12D,13D,14D,15D,21D,22D,23D,24D,26D,27D. The summed E-state index contributed by atoms with van der Waals surface area (Å²) in [6.07, 6.45) is 1.82. The van der Waals surface area contributed by atoms with Crippen LogP contribution in [0.5, 0.6) is 0 Å². The number of aromatic nitrogens is 1. The molecule has 0 N–H and O–H groups in total. The molecule has 342 valence electrons. The molecule has 0 saturated heterocycles. The number of nitrogens with zero attached hydrogens (tertiary/aromatic N) is 2. The maximum atomic E-state index is 9.37. The molecule has 1 aromatic heterocycles. The summed E-state index contributed by atoms with van der Waals surface area (Å²) < 4.78 is 132. The average Bonchev–Trinajstić information content (AvgIpc) is 0.783. The van der Waals surface area contributed by atoms with E-state index >= 15 is 0 Å². The van der Waals surface area contributed by atoms with Crippen molar-refractivity contribution < 1.29 is 20.6 Å².